The van der Waals surface area contributed by atoms with Gasteiger partial charge in [0, 0.05) is 28.6 Å². The number of aromatic nitrogens is 4. The predicted molar refractivity (Wildman–Crippen MR) is 147 cm³/mol. The van der Waals surface area contributed by atoms with Gasteiger partial charge in [-0.05, 0) is 54.6 Å². The number of fused-ring (bicyclic) bond motifs is 6. The van der Waals surface area contributed by atoms with Crippen molar-refractivity contribution in [2.45, 2.75) is 6.17 Å². The van der Waals surface area contributed by atoms with Gasteiger partial charge in [0.15, 0.2) is 11.5 Å². The van der Waals surface area contributed by atoms with E-state index in [2.05, 4.69) is 76.7 Å². The number of nitrogens with zero attached hydrogens (tertiary/aromatic N) is 4. The first-order valence-electron chi connectivity index (χ1n) is 12.7. The van der Waals surface area contributed by atoms with Crippen LogP contribution in [0.5, 0.6) is 11.5 Å². The van der Waals surface area contributed by atoms with Gasteiger partial charge in [-0.1, -0.05) is 42.5 Å². The van der Waals surface area contributed by atoms with E-state index in [-0.39, 0.29) is 6.17 Å². The molecule has 0 saturated carbocycles. The van der Waals surface area contributed by atoms with E-state index in [1.54, 1.807) is 0 Å². The lowest BCUT2D eigenvalue weighted by Gasteiger charge is -2.30. The van der Waals surface area contributed by atoms with Gasteiger partial charge < -0.3 is 14.8 Å². The molecular weight excluding hydrogens is 474 g/mol. The van der Waals surface area contributed by atoms with E-state index in [0.717, 1.165) is 62.1 Å². The molecule has 0 spiro atoms. The second-order valence-electron chi connectivity index (χ2n) is 9.46. The number of para-hydroxylation sites is 4. The molecule has 0 bridgehead atoms. The van der Waals surface area contributed by atoms with Crippen LogP contribution in [0.2, 0.25) is 0 Å². The largest absolute Gasteiger partial charge is 0.486 e. The smallest absolute Gasteiger partial charge is 0.162 e. The molecule has 0 aliphatic carbocycles. The van der Waals surface area contributed by atoms with E-state index in [0.29, 0.717) is 13.2 Å². The molecule has 0 saturated heterocycles. The topological polar surface area (TPSA) is 66.1 Å². The Morgan fingerprint density at radius 3 is 2.50 bits per heavy atom. The summed E-state index contributed by atoms with van der Waals surface area (Å²) in [6.07, 6.45) is 1.89. The highest BCUT2D eigenvalue weighted by molar-refractivity contribution is 5.87. The van der Waals surface area contributed by atoms with E-state index in [1.165, 1.54) is 0 Å². The van der Waals surface area contributed by atoms with Crippen molar-refractivity contribution < 1.29 is 9.47 Å². The minimum atomic E-state index is -0.229. The second kappa shape index (κ2) is 8.24. The molecule has 0 radical (unpaired) electrons. The molecule has 7 nitrogen and oxygen atoms in total. The highest BCUT2D eigenvalue weighted by Crippen LogP contribution is 2.43. The average Bonchev–Trinajstić information content (AvgIpc) is 3.60. The van der Waals surface area contributed by atoms with Gasteiger partial charge in [0.2, 0.25) is 0 Å². The molecular formula is C31H23N5O2. The van der Waals surface area contributed by atoms with Gasteiger partial charge in [0.25, 0.3) is 0 Å². The van der Waals surface area contributed by atoms with Crippen LogP contribution in [0.15, 0.2) is 103 Å². The molecule has 2 aliphatic rings. The zero-order valence-electron chi connectivity index (χ0n) is 20.4. The minimum absolute atomic E-state index is 0.229. The van der Waals surface area contributed by atoms with Crippen LogP contribution in [-0.4, -0.2) is 32.5 Å². The first kappa shape index (κ1) is 21.1. The van der Waals surface area contributed by atoms with Crippen molar-refractivity contribution in [2.75, 3.05) is 18.5 Å². The Balaban J connectivity index is 1.37. The van der Waals surface area contributed by atoms with Crippen molar-refractivity contribution in [1.82, 2.24) is 19.3 Å². The molecule has 2 aromatic heterocycles. The maximum absolute atomic E-state index is 5.92. The Labute approximate surface area is 218 Å². The van der Waals surface area contributed by atoms with E-state index in [9.17, 15) is 0 Å². The third-order valence-corrected chi connectivity index (χ3v) is 7.19. The number of hydrogen-bond donors (Lipinski definition) is 1. The average molecular weight is 498 g/mol. The number of anilines is 1. The number of hydrogen-bond acceptors (Lipinski definition) is 5. The Kier molecular flexibility index (Phi) is 4.57. The zero-order valence-corrected chi connectivity index (χ0v) is 20.4. The second-order valence-corrected chi connectivity index (χ2v) is 9.46. The van der Waals surface area contributed by atoms with Crippen LogP contribution in [0.1, 0.15) is 11.7 Å². The minimum Gasteiger partial charge on any atom is -0.486 e. The summed E-state index contributed by atoms with van der Waals surface area (Å²) in [7, 11) is 0. The summed E-state index contributed by atoms with van der Waals surface area (Å²) in [5.41, 5.74) is 8.00. The fraction of sp³-hybridized carbons (Fsp3) is 0.0968. The maximum Gasteiger partial charge on any atom is 0.162 e. The summed E-state index contributed by atoms with van der Waals surface area (Å²) in [6.45, 7) is 1.09. The van der Waals surface area contributed by atoms with Crippen molar-refractivity contribution in [3.05, 3.63) is 109 Å². The summed E-state index contributed by atoms with van der Waals surface area (Å²) in [5, 5.41) is 8.91. The van der Waals surface area contributed by atoms with Crippen LogP contribution < -0.4 is 14.8 Å². The third-order valence-electron chi connectivity index (χ3n) is 7.19. The molecule has 0 fully saturated rings. The molecule has 4 aromatic carbocycles. The first-order valence-corrected chi connectivity index (χ1v) is 12.7. The van der Waals surface area contributed by atoms with Gasteiger partial charge in [0.05, 0.1) is 16.7 Å². The van der Waals surface area contributed by atoms with Crippen LogP contribution in [0.4, 0.5) is 5.69 Å². The molecule has 38 heavy (non-hydrogen) atoms. The van der Waals surface area contributed by atoms with Gasteiger partial charge in [-0.3, -0.25) is 4.57 Å². The fourth-order valence-electron chi connectivity index (χ4n) is 5.44. The lowest BCUT2D eigenvalue weighted by Crippen LogP contribution is -2.25. The number of benzene rings is 4. The molecule has 1 N–H and O–H groups in total. The van der Waals surface area contributed by atoms with Crippen LogP contribution in [0.25, 0.3) is 39.4 Å². The van der Waals surface area contributed by atoms with E-state index in [1.807, 2.05) is 41.1 Å². The molecule has 0 amide bonds. The first-order chi connectivity index (χ1) is 18.8. The summed E-state index contributed by atoms with van der Waals surface area (Å²) < 4.78 is 15.9. The Bertz CT molecular complexity index is 1820. The molecule has 1 unspecified atom stereocenters. The molecule has 1 atom stereocenters. The van der Waals surface area contributed by atoms with Crippen molar-refractivity contribution >= 4 is 16.7 Å². The molecule has 8 rings (SSSR count). The van der Waals surface area contributed by atoms with Crippen molar-refractivity contribution in [3.63, 3.8) is 0 Å². The highest BCUT2D eigenvalue weighted by Gasteiger charge is 2.32. The van der Waals surface area contributed by atoms with E-state index < -0.39 is 0 Å². The van der Waals surface area contributed by atoms with Crippen LogP contribution in [0, 0.1) is 0 Å². The number of imidazole rings is 1. The van der Waals surface area contributed by atoms with Gasteiger partial charge in [-0.2, -0.15) is 5.10 Å². The molecule has 6 aromatic rings. The van der Waals surface area contributed by atoms with E-state index >= 15 is 0 Å². The van der Waals surface area contributed by atoms with Gasteiger partial charge in [0.1, 0.15) is 30.9 Å². The van der Waals surface area contributed by atoms with Crippen molar-refractivity contribution in [1.29, 1.82) is 0 Å². The number of rotatable bonds is 3. The summed E-state index contributed by atoms with van der Waals surface area (Å²) >= 11 is 0. The summed E-state index contributed by atoms with van der Waals surface area (Å²) in [4.78, 5) is 5.05. The van der Waals surface area contributed by atoms with Gasteiger partial charge in [-0.15, -0.1) is 0 Å². The van der Waals surface area contributed by atoms with Gasteiger partial charge >= 0.3 is 0 Å². The number of ether oxygens (including phenoxy) is 2. The Morgan fingerprint density at radius 1 is 0.789 bits per heavy atom. The third kappa shape index (κ3) is 3.22. The van der Waals surface area contributed by atoms with Crippen LogP contribution in [-0.2, 0) is 0 Å². The number of nitrogens with one attached hydrogen (secondary N) is 1. The molecule has 7 heteroatoms. The van der Waals surface area contributed by atoms with Crippen LogP contribution >= 0.6 is 0 Å². The maximum atomic E-state index is 5.92. The monoisotopic (exact) mass is 497 g/mol. The van der Waals surface area contributed by atoms with Crippen molar-refractivity contribution in [2.24, 2.45) is 0 Å². The van der Waals surface area contributed by atoms with Gasteiger partial charge in [-0.25, -0.2) is 9.67 Å². The lowest BCUT2D eigenvalue weighted by atomic mass is 10.0. The molecule has 2 aliphatic heterocycles. The van der Waals surface area contributed by atoms with Crippen LogP contribution in [0.3, 0.4) is 0 Å². The standard InChI is InChI=1S/C31H23N5O2/c1-2-8-21(9-3-1)35-19-23(29(34-35)20-14-15-27-28(18-20)38-17-16-37-27)31-32-24-11-5-4-10-22(24)30-33-25-12-6-7-13-26(25)36(30)31/h1-15,18-19,31-32H,16-17H2. The van der Waals surface area contributed by atoms with E-state index in [4.69, 9.17) is 19.6 Å². The zero-order chi connectivity index (χ0) is 25.1. The highest BCUT2D eigenvalue weighted by atomic mass is 16.6. The Morgan fingerprint density at radius 2 is 1.58 bits per heavy atom. The molecule has 184 valence electrons. The van der Waals surface area contributed by atoms with Crippen molar-refractivity contribution in [3.8, 4) is 39.8 Å². The predicted octanol–water partition coefficient (Wildman–Crippen LogP) is 6.30. The summed E-state index contributed by atoms with van der Waals surface area (Å²) in [5.74, 6) is 2.44. The summed E-state index contributed by atoms with van der Waals surface area (Å²) in [6, 6.07) is 32.8. The normalized spacial score (nSPS) is 15.5. The molecule has 4 heterocycles. The lowest BCUT2D eigenvalue weighted by molar-refractivity contribution is 0.171. The quantitative estimate of drug-likeness (QED) is 0.311. The SMILES string of the molecule is c1ccc(-n2cc(C3Nc4ccccc4-c4nc5ccccc5n43)c(-c3ccc4c(c3)OCCO4)n2)cc1. The Hall–Kier alpha value is -5.04. The fourth-order valence-corrected chi connectivity index (χ4v) is 5.44.